The summed E-state index contributed by atoms with van der Waals surface area (Å²) in [4.78, 5) is 0. The fraction of sp³-hybridized carbons (Fsp3) is 0.176. The van der Waals surface area contributed by atoms with Gasteiger partial charge >= 0.3 is 0 Å². The minimum atomic E-state index is 1.05. The first-order chi connectivity index (χ1) is 9.19. The standard InChI is InChI=1S/C10H13N.C7H7Br/c1-3-9-7-5-6-8-10(9)11-4-2;1-6-4-2-3-5-7(6)8/h4-8,11H,2-3H2,1H3;2-5H,1H3. The van der Waals surface area contributed by atoms with Crippen LogP contribution in [0.4, 0.5) is 5.69 Å². The average molecular weight is 318 g/mol. The summed E-state index contributed by atoms with van der Waals surface area (Å²) in [6.45, 7) is 7.84. The van der Waals surface area contributed by atoms with Crippen molar-refractivity contribution in [1.29, 1.82) is 0 Å². The van der Waals surface area contributed by atoms with Gasteiger partial charge in [0.05, 0.1) is 0 Å². The van der Waals surface area contributed by atoms with Gasteiger partial charge in [-0.05, 0) is 42.8 Å². The third kappa shape index (κ3) is 5.31. The number of hydrogen-bond acceptors (Lipinski definition) is 1. The second-order valence-electron chi connectivity index (χ2n) is 4.11. The van der Waals surface area contributed by atoms with Crippen molar-refractivity contribution in [3.63, 3.8) is 0 Å². The lowest BCUT2D eigenvalue weighted by Gasteiger charge is -2.05. The number of aryl methyl sites for hydroxylation is 2. The molecule has 1 nitrogen and oxygen atoms in total. The minimum absolute atomic E-state index is 1.05. The van der Waals surface area contributed by atoms with E-state index in [1.807, 2.05) is 30.3 Å². The van der Waals surface area contributed by atoms with Crippen molar-refractivity contribution in [3.8, 4) is 0 Å². The van der Waals surface area contributed by atoms with E-state index < -0.39 is 0 Å². The van der Waals surface area contributed by atoms with E-state index in [0.29, 0.717) is 0 Å². The predicted octanol–water partition coefficient (Wildman–Crippen LogP) is 5.56. The second kappa shape index (κ2) is 8.54. The quantitative estimate of drug-likeness (QED) is 0.781. The predicted molar refractivity (Wildman–Crippen MR) is 88.5 cm³/mol. The van der Waals surface area contributed by atoms with Crippen LogP contribution in [0, 0.1) is 6.92 Å². The van der Waals surface area contributed by atoms with E-state index in [0.717, 1.165) is 12.1 Å². The summed E-state index contributed by atoms with van der Waals surface area (Å²) >= 11 is 3.40. The maximum atomic E-state index is 3.62. The van der Waals surface area contributed by atoms with Gasteiger partial charge in [-0.1, -0.05) is 65.8 Å². The number of para-hydroxylation sites is 1. The number of anilines is 1. The van der Waals surface area contributed by atoms with E-state index in [9.17, 15) is 0 Å². The van der Waals surface area contributed by atoms with Crippen LogP contribution in [0.15, 0.2) is 65.8 Å². The highest BCUT2D eigenvalue weighted by atomic mass is 79.9. The summed E-state index contributed by atoms with van der Waals surface area (Å²) in [5, 5.41) is 3.09. The van der Waals surface area contributed by atoms with Crippen LogP contribution in [0.2, 0.25) is 0 Å². The Hall–Kier alpha value is -1.54. The van der Waals surface area contributed by atoms with Crippen molar-refractivity contribution in [1.82, 2.24) is 0 Å². The molecule has 0 atom stereocenters. The van der Waals surface area contributed by atoms with Crippen LogP contribution >= 0.6 is 15.9 Å². The zero-order chi connectivity index (χ0) is 14.1. The number of rotatable bonds is 3. The van der Waals surface area contributed by atoms with Gasteiger partial charge in [-0.15, -0.1) is 0 Å². The van der Waals surface area contributed by atoms with Crippen molar-refractivity contribution in [2.24, 2.45) is 0 Å². The molecule has 2 heteroatoms. The van der Waals surface area contributed by atoms with Gasteiger partial charge in [0.15, 0.2) is 0 Å². The molecule has 0 spiro atoms. The fourth-order valence-electron chi connectivity index (χ4n) is 1.63. The van der Waals surface area contributed by atoms with Gasteiger partial charge in [0, 0.05) is 10.2 Å². The molecule has 0 saturated heterocycles. The first kappa shape index (κ1) is 15.5. The zero-order valence-electron chi connectivity index (χ0n) is 11.5. The smallest absolute Gasteiger partial charge is 0.0411 e. The van der Waals surface area contributed by atoms with Gasteiger partial charge in [-0.2, -0.15) is 0 Å². The molecular formula is C17H20BrN. The summed E-state index contributed by atoms with van der Waals surface area (Å²) in [6.07, 6.45) is 2.76. The summed E-state index contributed by atoms with van der Waals surface area (Å²) in [7, 11) is 0. The summed E-state index contributed by atoms with van der Waals surface area (Å²) in [6, 6.07) is 16.4. The van der Waals surface area contributed by atoms with Gasteiger partial charge in [-0.25, -0.2) is 0 Å². The topological polar surface area (TPSA) is 12.0 Å². The monoisotopic (exact) mass is 317 g/mol. The molecule has 2 aromatic rings. The average Bonchev–Trinajstić information content (AvgIpc) is 2.44. The Morgan fingerprint density at radius 2 is 1.74 bits per heavy atom. The van der Waals surface area contributed by atoms with Crippen LogP contribution in [-0.4, -0.2) is 0 Å². The van der Waals surface area contributed by atoms with Crippen molar-refractivity contribution in [2.45, 2.75) is 20.3 Å². The lowest BCUT2D eigenvalue weighted by Crippen LogP contribution is -1.91. The molecule has 0 bridgehead atoms. The summed E-state index contributed by atoms with van der Waals surface area (Å²) < 4.78 is 1.18. The highest BCUT2D eigenvalue weighted by Gasteiger charge is 1.94. The van der Waals surface area contributed by atoms with E-state index in [4.69, 9.17) is 0 Å². The maximum Gasteiger partial charge on any atom is 0.0411 e. The van der Waals surface area contributed by atoms with Gasteiger partial charge in [0.2, 0.25) is 0 Å². The first-order valence-electron chi connectivity index (χ1n) is 6.35. The van der Waals surface area contributed by atoms with Crippen LogP contribution in [0.3, 0.4) is 0 Å². The number of nitrogens with one attached hydrogen (secondary N) is 1. The molecule has 2 rings (SSSR count). The number of hydrogen-bond donors (Lipinski definition) is 1. The van der Waals surface area contributed by atoms with Crippen LogP contribution < -0.4 is 5.32 Å². The third-order valence-electron chi connectivity index (χ3n) is 2.73. The normalized spacial score (nSPS) is 9.21. The van der Waals surface area contributed by atoms with Gasteiger partial charge in [0.1, 0.15) is 0 Å². The zero-order valence-corrected chi connectivity index (χ0v) is 13.1. The molecular weight excluding hydrogens is 298 g/mol. The Morgan fingerprint density at radius 1 is 1.11 bits per heavy atom. The first-order valence-corrected chi connectivity index (χ1v) is 7.14. The molecule has 0 aliphatic heterocycles. The van der Waals surface area contributed by atoms with Crippen LogP contribution in [0.5, 0.6) is 0 Å². The lowest BCUT2D eigenvalue weighted by atomic mass is 10.1. The molecule has 0 saturated carbocycles. The number of benzene rings is 2. The molecule has 0 fully saturated rings. The lowest BCUT2D eigenvalue weighted by molar-refractivity contribution is 1.14. The second-order valence-corrected chi connectivity index (χ2v) is 4.96. The van der Waals surface area contributed by atoms with Crippen LogP contribution in [-0.2, 0) is 6.42 Å². The molecule has 100 valence electrons. The summed E-state index contributed by atoms with van der Waals surface area (Å²) in [5.74, 6) is 0. The van der Waals surface area contributed by atoms with Gasteiger partial charge in [0.25, 0.3) is 0 Å². The van der Waals surface area contributed by atoms with Crippen molar-refractivity contribution in [3.05, 3.63) is 76.9 Å². The molecule has 0 aliphatic rings. The Labute approximate surface area is 124 Å². The van der Waals surface area contributed by atoms with Gasteiger partial charge < -0.3 is 5.32 Å². The Balaban J connectivity index is 0.000000200. The minimum Gasteiger partial charge on any atom is -0.362 e. The van der Waals surface area contributed by atoms with Crippen molar-refractivity contribution >= 4 is 21.6 Å². The SMILES string of the molecule is C=CNc1ccccc1CC.Cc1ccccc1Br. The van der Waals surface area contributed by atoms with E-state index in [1.165, 1.54) is 15.6 Å². The number of halogens is 1. The van der Waals surface area contributed by atoms with E-state index in [-0.39, 0.29) is 0 Å². The third-order valence-corrected chi connectivity index (χ3v) is 3.62. The summed E-state index contributed by atoms with van der Waals surface area (Å²) in [5.41, 5.74) is 3.77. The molecule has 0 radical (unpaired) electrons. The molecule has 0 heterocycles. The van der Waals surface area contributed by atoms with E-state index >= 15 is 0 Å². The maximum absolute atomic E-state index is 3.62. The molecule has 0 unspecified atom stereocenters. The molecule has 0 aliphatic carbocycles. The Bertz CT molecular complexity index is 499. The Morgan fingerprint density at radius 3 is 2.26 bits per heavy atom. The van der Waals surface area contributed by atoms with Crippen LogP contribution in [0.25, 0.3) is 0 Å². The molecule has 19 heavy (non-hydrogen) atoms. The molecule has 0 amide bonds. The van der Waals surface area contributed by atoms with Gasteiger partial charge in [-0.3, -0.25) is 0 Å². The van der Waals surface area contributed by atoms with Crippen LogP contribution in [0.1, 0.15) is 18.1 Å². The van der Waals surface area contributed by atoms with Crippen molar-refractivity contribution in [2.75, 3.05) is 5.32 Å². The largest absolute Gasteiger partial charge is 0.362 e. The molecule has 1 N–H and O–H groups in total. The highest BCUT2D eigenvalue weighted by molar-refractivity contribution is 9.10. The van der Waals surface area contributed by atoms with Crippen molar-refractivity contribution < 1.29 is 0 Å². The molecule has 2 aromatic carbocycles. The molecule has 0 aromatic heterocycles. The Kier molecular flexibility index (Phi) is 6.98. The van der Waals surface area contributed by atoms with E-state index in [2.05, 4.69) is 59.9 Å². The fourth-order valence-corrected chi connectivity index (χ4v) is 1.92. The van der Waals surface area contributed by atoms with E-state index in [1.54, 1.807) is 6.20 Å². The highest BCUT2D eigenvalue weighted by Crippen LogP contribution is 2.14.